The van der Waals surface area contributed by atoms with Crippen molar-refractivity contribution in [3.63, 3.8) is 0 Å². The van der Waals surface area contributed by atoms with Crippen LogP contribution in [0, 0.1) is 6.92 Å². The van der Waals surface area contributed by atoms with Crippen LogP contribution in [0.15, 0.2) is 48.5 Å². The van der Waals surface area contributed by atoms with Gasteiger partial charge in [-0.2, -0.15) is 0 Å². The Hall–Kier alpha value is -2.62. The molecule has 0 aliphatic heterocycles. The Morgan fingerprint density at radius 3 is 2.60 bits per heavy atom. The molecule has 0 aliphatic carbocycles. The van der Waals surface area contributed by atoms with Crippen molar-refractivity contribution in [3.05, 3.63) is 65.2 Å². The number of nitrogens with one attached hydrogen (secondary N) is 1. The number of hydrogen-bond acceptors (Lipinski definition) is 3. The molecular weight excluding hydrogens is 254 g/mol. The van der Waals surface area contributed by atoms with Gasteiger partial charge in [0.15, 0.2) is 0 Å². The summed E-state index contributed by atoms with van der Waals surface area (Å²) in [5.74, 6) is 0. The van der Waals surface area contributed by atoms with Gasteiger partial charge < -0.3 is 4.74 Å². The Labute approximate surface area is 117 Å². The number of rotatable bonds is 4. The number of amides is 1. The van der Waals surface area contributed by atoms with Crippen LogP contribution in [0.25, 0.3) is 0 Å². The van der Waals surface area contributed by atoms with Crippen molar-refractivity contribution < 1.29 is 14.3 Å². The molecule has 0 aliphatic rings. The van der Waals surface area contributed by atoms with Crippen molar-refractivity contribution in [2.24, 2.45) is 0 Å². The second-order valence-corrected chi connectivity index (χ2v) is 4.32. The Morgan fingerprint density at radius 2 is 1.90 bits per heavy atom. The minimum atomic E-state index is -0.542. The first kappa shape index (κ1) is 13.8. The monoisotopic (exact) mass is 269 g/mol. The predicted molar refractivity (Wildman–Crippen MR) is 76.8 cm³/mol. The van der Waals surface area contributed by atoms with Crippen LogP contribution in [0.5, 0.6) is 0 Å². The smallest absolute Gasteiger partial charge is 0.411 e. The minimum absolute atomic E-state index is 0.207. The van der Waals surface area contributed by atoms with Gasteiger partial charge in [-0.3, -0.25) is 10.1 Å². The third-order valence-electron chi connectivity index (χ3n) is 2.95. The van der Waals surface area contributed by atoms with E-state index < -0.39 is 6.09 Å². The average Bonchev–Trinajstić information content (AvgIpc) is 2.48. The first-order valence-corrected chi connectivity index (χ1v) is 6.23. The fraction of sp³-hybridized carbons (Fsp3) is 0.125. The van der Waals surface area contributed by atoms with E-state index in [0.717, 1.165) is 17.4 Å². The van der Waals surface area contributed by atoms with Crippen LogP contribution in [0.1, 0.15) is 21.5 Å². The Kier molecular flexibility index (Phi) is 4.50. The summed E-state index contributed by atoms with van der Waals surface area (Å²) in [5, 5.41) is 2.64. The van der Waals surface area contributed by atoms with Crippen molar-refractivity contribution in [2.75, 3.05) is 5.32 Å². The molecule has 0 spiro atoms. The summed E-state index contributed by atoms with van der Waals surface area (Å²) in [6.45, 7) is 1.98. The van der Waals surface area contributed by atoms with E-state index in [2.05, 4.69) is 5.32 Å². The molecule has 20 heavy (non-hydrogen) atoms. The maximum absolute atomic E-state index is 11.7. The molecule has 0 aromatic heterocycles. The van der Waals surface area contributed by atoms with Crippen LogP contribution in [0.2, 0.25) is 0 Å². The van der Waals surface area contributed by atoms with Gasteiger partial charge in [0.2, 0.25) is 0 Å². The number of aldehydes is 1. The summed E-state index contributed by atoms with van der Waals surface area (Å²) in [5.41, 5.74) is 2.76. The van der Waals surface area contributed by atoms with E-state index in [9.17, 15) is 9.59 Å². The molecule has 0 radical (unpaired) electrons. The molecule has 0 saturated heterocycles. The van der Waals surface area contributed by atoms with Gasteiger partial charge in [-0.1, -0.05) is 42.5 Å². The van der Waals surface area contributed by atoms with Crippen LogP contribution < -0.4 is 5.32 Å². The maximum atomic E-state index is 11.7. The normalized spacial score (nSPS) is 9.85. The number of anilines is 1. The Morgan fingerprint density at radius 1 is 1.15 bits per heavy atom. The quantitative estimate of drug-likeness (QED) is 0.863. The first-order valence-electron chi connectivity index (χ1n) is 6.23. The molecule has 2 aromatic carbocycles. The highest BCUT2D eigenvalue weighted by molar-refractivity contribution is 5.89. The maximum Gasteiger partial charge on any atom is 0.411 e. The van der Waals surface area contributed by atoms with Crippen molar-refractivity contribution in [1.29, 1.82) is 0 Å². The summed E-state index contributed by atoms with van der Waals surface area (Å²) < 4.78 is 5.12. The molecule has 0 saturated carbocycles. The zero-order chi connectivity index (χ0) is 14.4. The number of carbonyl (C=O) groups is 2. The number of carbonyl (C=O) groups excluding carboxylic acids is 2. The Bertz CT molecular complexity index is 608. The standard InChI is InChI=1S/C16H15NO3/c1-12-14(10-18)8-5-9-15(12)17-16(19)20-11-13-6-3-2-4-7-13/h2-10H,11H2,1H3,(H,17,19). The fourth-order valence-corrected chi connectivity index (χ4v) is 1.79. The lowest BCUT2D eigenvalue weighted by atomic mass is 10.1. The minimum Gasteiger partial charge on any atom is -0.444 e. The van der Waals surface area contributed by atoms with Gasteiger partial charge in [0.1, 0.15) is 12.9 Å². The summed E-state index contributed by atoms with van der Waals surface area (Å²) in [7, 11) is 0. The van der Waals surface area contributed by atoms with E-state index in [1.54, 1.807) is 25.1 Å². The third kappa shape index (κ3) is 3.45. The predicted octanol–water partition coefficient (Wildman–Crippen LogP) is 3.56. The van der Waals surface area contributed by atoms with E-state index in [-0.39, 0.29) is 6.61 Å². The van der Waals surface area contributed by atoms with Crippen LogP contribution in [-0.4, -0.2) is 12.4 Å². The molecule has 102 valence electrons. The molecule has 0 unspecified atom stereocenters. The van der Waals surface area contributed by atoms with Gasteiger partial charge in [-0.05, 0) is 24.1 Å². The first-order chi connectivity index (χ1) is 9.70. The van der Waals surface area contributed by atoms with Crippen LogP contribution in [-0.2, 0) is 11.3 Å². The molecular formula is C16H15NO3. The number of benzene rings is 2. The zero-order valence-corrected chi connectivity index (χ0v) is 11.1. The SMILES string of the molecule is Cc1c(C=O)cccc1NC(=O)OCc1ccccc1. The highest BCUT2D eigenvalue weighted by atomic mass is 16.5. The third-order valence-corrected chi connectivity index (χ3v) is 2.95. The summed E-state index contributed by atoms with van der Waals surface area (Å²) in [4.78, 5) is 22.5. The lowest BCUT2D eigenvalue weighted by Crippen LogP contribution is -2.14. The summed E-state index contributed by atoms with van der Waals surface area (Å²) in [6, 6.07) is 14.6. The summed E-state index contributed by atoms with van der Waals surface area (Å²) >= 11 is 0. The average molecular weight is 269 g/mol. The van der Waals surface area contributed by atoms with E-state index in [1.165, 1.54) is 0 Å². The Balaban J connectivity index is 1.97. The van der Waals surface area contributed by atoms with Crippen molar-refractivity contribution in [1.82, 2.24) is 0 Å². The van der Waals surface area contributed by atoms with Crippen molar-refractivity contribution in [2.45, 2.75) is 13.5 Å². The van der Waals surface area contributed by atoms with Gasteiger partial charge in [-0.25, -0.2) is 4.79 Å². The second kappa shape index (κ2) is 6.52. The van der Waals surface area contributed by atoms with E-state index in [0.29, 0.717) is 11.3 Å². The molecule has 4 nitrogen and oxygen atoms in total. The molecule has 0 heterocycles. The lowest BCUT2D eigenvalue weighted by molar-refractivity contribution is 0.112. The molecule has 0 atom stereocenters. The molecule has 4 heteroatoms. The second-order valence-electron chi connectivity index (χ2n) is 4.32. The molecule has 2 rings (SSSR count). The topological polar surface area (TPSA) is 55.4 Å². The zero-order valence-electron chi connectivity index (χ0n) is 11.1. The number of ether oxygens (including phenoxy) is 1. The van der Waals surface area contributed by atoms with Crippen molar-refractivity contribution >= 4 is 18.1 Å². The number of hydrogen-bond donors (Lipinski definition) is 1. The molecule has 1 N–H and O–H groups in total. The van der Waals surface area contributed by atoms with Gasteiger partial charge in [0, 0.05) is 11.3 Å². The highest BCUT2D eigenvalue weighted by Gasteiger charge is 2.08. The van der Waals surface area contributed by atoms with E-state index in [4.69, 9.17) is 4.74 Å². The fourth-order valence-electron chi connectivity index (χ4n) is 1.79. The van der Waals surface area contributed by atoms with E-state index >= 15 is 0 Å². The van der Waals surface area contributed by atoms with Gasteiger partial charge in [-0.15, -0.1) is 0 Å². The lowest BCUT2D eigenvalue weighted by Gasteiger charge is -2.10. The van der Waals surface area contributed by atoms with Crippen molar-refractivity contribution in [3.8, 4) is 0 Å². The molecule has 1 amide bonds. The van der Waals surface area contributed by atoms with Crippen LogP contribution in [0.3, 0.4) is 0 Å². The van der Waals surface area contributed by atoms with Crippen LogP contribution >= 0.6 is 0 Å². The van der Waals surface area contributed by atoms with E-state index in [1.807, 2.05) is 30.3 Å². The molecule has 0 bridgehead atoms. The van der Waals surface area contributed by atoms with Gasteiger partial charge in [0.05, 0.1) is 0 Å². The van der Waals surface area contributed by atoms with Gasteiger partial charge >= 0.3 is 6.09 Å². The molecule has 2 aromatic rings. The highest BCUT2D eigenvalue weighted by Crippen LogP contribution is 2.17. The summed E-state index contributed by atoms with van der Waals surface area (Å²) in [6.07, 6.45) is 0.218. The largest absolute Gasteiger partial charge is 0.444 e. The van der Waals surface area contributed by atoms with Crippen LogP contribution in [0.4, 0.5) is 10.5 Å². The molecule has 0 fully saturated rings. The van der Waals surface area contributed by atoms with Gasteiger partial charge in [0.25, 0.3) is 0 Å².